The second-order valence-corrected chi connectivity index (χ2v) is 4.23. The van der Waals surface area contributed by atoms with Crippen LogP contribution in [-0.4, -0.2) is 22.1 Å². The number of benzene rings is 1. The number of carbonyl (C=O) groups excluding carboxylic acids is 1. The van der Waals surface area contributed by atoms with Crippen LogP contribution in [0.15, 0.2) is 28.8 Å². The summed E-state index contributed by atoms with van der Waals surface area (Å²) in [5, 5.41) is 14.9. The van der Waals surface area contributed by atoms with Crippen LogP contribution in [0, 0.1) is 6.92 Å². The molecule has 0 aliphatic carbocycles. The van der Waals surface area contributed by atoms with Crippen molar-refractivity contribution >= 4 is 29.2 Å². The van der Waals surface area contributed by atoms with E-state index in [0.29, 0.717) is 10.7 Å². The van der Waals surface area contributed by atoms with Crippen LogP contribution in [0.1, 0.15) is 26.6 Å². The Hall–Kier alpha value is -2.34. The molecule has 1 aromatic carbocycles. The molecule has 0 fully saturated rings. The highest BCUT2D eigenvalue weighted by Gasteiger charge is 2.17. The third kappa shape index (κ3) is 2.92. The predicted octanol–water partition coefficient (Wildman–Crippen LogP) is 2.59. The van der Waals surface area contributed by atoms with E-state index in [-0.39, 0.29) is 5.69 Å². The van der Waals surface area contributed by atoms with Gasteiger partial charge in [0.15, 0.2) is 5.69 Å². The Morgan fingerprint density at radius 2 is 2.11 bits per heavy atom. The van der Waals surface area contributed by atoms with Gasteiger partial charge in [0, 0.05) is 6.07 Å². The number of nitrogens with one attached hydrogen (secondary N) is 1. The summed E-state index contributed by atoms with van der Waals surface area (Å²) < 4.78 is 4.49. The molecule has 0 saturated carbocycles. The molecule has 0 saturated heterocycles. The van der Waals surface area contributed by atoms with Gasteiger partial charge < -0.3 is 14.9 Å². The molecule has 0 aliphatic rings. The number of rotatable bonds is 3. The normalized spacial score (nSPS) is 10.2. The molecular weight excluding hydrogens is 272 g/mol. The number of carboxylic acid groups (broad SMARTS) is 1. The number of nitrogens with zero attached hydrogens (tertiary/aromatic N) is 1. The third-order valence-corrected chi connectivity index (χ3v) is 2.64. The Balaban J connectivity index is 2.18. The zero-order valence-electron chi connectivity index (χ0n) is 9.81. The second-order valence-electron chi connectivity index (χ2n) is 3.82. The minimum atomic E-state index is -1.29. The number of carbonyl (C=O) groups is 2. The fourth-order valence-electron chi connectivity index (χ4n) is 1.39. The molecule has 7 heteroatoms. The van der Waals surface area contributed by atoms with E-state index in [1.807, 2.05) is 6.92 Å². The van der Waals surface area contributed by atoms with Gasteiger partial charge >= 0.3 is 5.97 Å². The summed E-state index contributed by atoms with van der Waals surface area (Å²) in [5.41, 5.74) is 1.24. The lowest BCUT2D eigenvalue weighted by atomic mass is 10.2. The molecule has 2 N–H and O–H groups in total. The van der Waals surface area contributed by atoms with Crippen molar-refractivity contribution in [3.05, 3.63) is 46.3 Å². The fraction of sp³-hybridized carbons (Fsp3) is 0.0833. The molecule has 2 rings (SSSR count). The minimum Gasteiger partial charge on any atom is -0.475 e. The van der Waals surface area contributed by atoms with E-state index >= 15 is 0 Å². The molecule has 0 spiro atoms. The van der Waals surface area contributed by atoms with Crippen LogP contribution >= 0.6 is 11.6 Å². The first-order valence-corrected chi connectivity index (χ1v) is 5.62. The van der Waals surface area contributed by atoms with Crippen molar-refractivity contribution < 1.29 is 19.2 Å². The first-order chi connectivity index (χ1) is 8.97. The molecule has 98 valence electrons. The van der Waals surface area contributed by atoms with Crippen molar-refractivity contribution in [1.82, 2.24) is 5.16 Å². The van der Waals surface area contributed by atoms with Crippen molar-refractivity contribution in [3.63, 3.8) is 0 Å². The molecule has 0 bridgehead atoms. The van der Waals surface area contributed by atoms with Crippen LogP contribution in [0.2, 0.25) is 5.02 Å². The van der Waals surface area contributed by atoms with E-state index in [4.69, 9.17) is 16.7 Å². The molecule has 0 unspecified atom stereocenters. The molecule has 1 aromatic heterocycles. The van der Waals surface area contributed by atoms with Crippen LogP contribution in [0.4, 0.5) is 5.69 Å². The van der Waals surface area contributed by atoms with Gasteiger partial charge in [-0.05, 0) is 24.6 Å². The molecule has 1 heterocycles. The Bertz CT molecular complexity index is 651. The van der Waals surface area contributed by atoms with Crippen molar-refractivity contribution in [2.24, 2.45) is 0 Å². The minimum absolute atomic E-state index is 0.131. The van der Waals surface area contributed by atoms with Crippen LogP contribution in [0.5, 0.6) is 0 Å². The zero-order valence-corrected chi connectivity index (χ0v) is 10.6. The molecular formula is C12H9ClN2O4. The Morgan fingerprint density at radius 3 is 2.68 bits per heavy atom. The van der Waals surface area contributed by atoms with Gasteiger partial charge in [0.2, 0.25) is 5.76 Å². The topological polar surface area (TPSA) is 92.4 Å². The van der Waals surface area contributed by atoms with E-state index in [0.717, 1.165) is 11.6 Å². The van der Waals surface area contributed by atoms with E-state index in [1.54, 1.807) is 18.2 Å². The van der Waals surface area contributed by atoms with Crippen LogP contribution in [0.3, 0.4) is 0 Å². The van der Waals surface area contributed by atoms with Crippen molar-refractivity contribution in [2.45, 2.75) is 6.92 Å². The summed E-state index contributed by atoms with van der Waals surface area (Å²) in [5.74, 6) is -2.29. The SMILES string of the molecule is Cc1ccc(NC(=O)c2cc(C(=O)O)on2)c(Cl)c1. The maximum atomic E-state index is 11.8. The molecule has 0 atom stereocenters. The summed E-state index contributed by atoms with van der Waals surface area (Å²) in [6, 6.07) is 6.17. The van der Waals surface area contributed by atoms with Crippen LogP contribution in [-0.2, 0) is 0 Å². The molecule has 6 nitrogen and oxygen atoms in total. The Labute approximate surface area is 113 Å². The standard InChI is InChI=1S/C12H9ClN2O4/c1-6-2-3-8(7(13)4-6)14-11(16)9-5-10(12(17)18)19-15-9/h2-5H,1H3,(H,14,16)(H,17,18). The van der Waals surface area contributed by atoms with Gasteiger partial charge in [-0.25, -0.2) is 4.79 Å². The van der Waals surface area contributed by atoms with Crippen molar-refractivity contribution in [2.75, 3.05) is 5.32 Å². The van der Waals surface area contributed by atoms with Gasteiger partial charge in [0.05, 0.1) is 10.7 Å². The summed E-state index contributed by atoms with van der Waals surface area (Å²) >= 11 is 5.96. The number of carboxylic acids is 1. The van der Waals surface area contributed by atoms with E-state index < -0.39 is 17.6 Å². The molecule has 0 radical (unpaired) electrons. The van der Waals surface area contributed by atoms with Gasteiger partial charge in [-0.3, -0.25) is 4.79 Å². The average Bonchev–Trinajstić information content (AvgIpc) is 2.82. The number of anilines is 1. The smallest absolute Gasteiger partial charge is 0.374 e. The number of hydrogen-bond donors (Lipinski definition) is 2. The average molecular weight is 281 g/mol. The highest BCUT2D eigenvalue weighted by atomic mass is 35.5. The lowest BCUT2D eigenvalue weighted by molar-refractivity contribution is 0.0651. The van der Waals surface area contributed by atoms with Gasteiger partial charge in [-0.15, -0.1) is 0 Å². The molecule has 1 amide bonds. The van der Waals surface area contributed by atoms with Gasteiger partial charge in [0.1, 0.15) is 0 Å². The fourth-order valence-corrected chi connectivity index (χ4v) is 1.67. The zero-order chi connectivity index (χ0) is 14.0. The number of aromatic nitrogens is 1. The number of hydrogen-bond acceptors (Lipinski definition) is 4. The van der Waals surface area contributed by atoms with Crippen LogP contribution < -0.4 is 5.32 Å². The Morgan fingerprint density at radius 1 is 1.37 bits per heavy atom. The Kier molecular flexibility index (Phi) is 3.52. The quantitative estimate of drug-likeness (QED) is 0.901. The molecule has 19 heavy (non-hydrogen) atoms. The highest BCUT2D eigenvalue weighted by Crippen LogP contribution is 2.23. The highest BCUT2D eigenvalue weighted by molar-refractivity contribution is 6.34. The second kappa shape index (κ2) is 5.11. The van der Waals surface area contributed by atoms with Gasteiger partial charge in [-0.1, -0.05) is 22.8 Å². The largest absolute Gasteiger partial charge is 0.475 e. The number of aryl methyl sites for hydroxylation is 1. The summed E-state index contributed by atoms with van der Waals surface area (Å²) in [6.07, 6.45) is 0. The summed E-state index contributed by atoms with van der Waals surface area (Å²) in [6.45, 7) is 1.87. The van der Waals surface area contributed by atoms with Gasteiger partial charge in [0.25, 0.3) is 5.91 Å². The lowest BCUT2D eigenvalue weighted by Gasteiger charge is -2.05. The number of halogens is 1. The molecule has 2 aromatic rings. The van der Waals surface area contributed by atoms with Crippen molar-refractivity contribution in [3.8, 4) is 0 Å². The lowest BCUT2D eigenvalue weighted by Crippen LogP contribution is -2.12. The maximum Gasteiger partial charge on any atom is 0.374 e. The number of amides is 1. The van der Waals surface area contributed by atoms with Crippen molar-refractivity contribution in [1.29, 1.82) is 0 Å². The number of aromatic carboxylic acids is 1. The summed E-state index contributed by atoms with van der Waals surface area (Å²) in [4.78, 5) is 22.4. The first kappa shape index (κ1) is 13.1. The van der Waals surface area contributed by atoms with E-state index in [2.05, 4.69) is 15.0 Å². The monoisotopic (exact) mass is 280 g/mol. The van der Waals surface area contributed by atoms with Crippen LogP contribution in [0.25, 0.3) is 0 Å². The first-order valence-electron chi connectivity index (χ1n) is 5.25. The third-order valence-electron chi connectivity index (χ3n) is 2.33. The van der Waals surface area contributed by atoms with Gasteiger partial charge in [-0.2, -0.15) is 0 Å². The van der Waals surface area contributed by atoms with E-state index in [1.165, 1.54) is 0 Å². The maximum absolute atomic E-state index is 11.8. The summed E-state index contributed by atoms with van der Waals surface area (Å²) in [7, 11) is 0. The predicted molar refractivity (Wildman–Crippen MR) is 67.6 cm³/mol. The molecule has 0 aliphatic heterocycles. The van der Waals surface area contributed by atoms with E-state index in [9.17, 15) is 9.59 Å².